The van der Waals surface area contributed by atoms with Crippen LogP contribution < -0.4 is 20.9 Å². The number of nitrogens with one attached hydrogen (secondary N) is 3. The quantitative estimate of drug-likeness (QED) is 0.593. The second-order valence-electron chi connectivity index (χ2n) is 5.63. The van der Waals surface area contributed by atoms with Gasteiger partial charge >= 0.3 is 0 Å². The van der Waals surface area contributed by atoms with E-state index in [1.165, 1.54) is 0 Å². The number of carbonyl (C=O) groups is 1. The molecule has 0 unspecified atom stereocenters. The van der Waals surface area contributed by atoms with E-state index in [9.17, 15) is 4.79 Å². The lowest BCUT2D eigenvalue weighted by Gasteiger charge is -2.16. The predicted molar refractivity (Wildman–Crippen MR) is 94.1 cm³/mol. The molecular formula is C17H19N3O2S. The Morgan fingerprint density at radius 1 is 1.17 bits per heavy atom. The maximum absolute atomic E-state index is 12.0. The molecule has 0 saturated heterocycles. The van der Waals surface area contributed by atoms with Crippen molar-refractivity contribution < 1.29 is 9.53 Å². The highest BCUT2D eigenvalue weighted by atomic mass is 32.1. The van der Waals surface area contributed by atoms with Gasteiger partial charge in [0.15, 0.2) is 11.2 Å². The molecule has 1 aliphatic carbocycles. The number of fused-ring (bicyclic) bond motifs is 1. The molecule has 1 atom stereocenters. The zero-order valence-electron chi connectivity index (χ0n) is 12.8. The molecule has 3 rings (SSSR count). The number of ether oxygens (including phenoxy) is 1. The number of amides is 1. The number of thiocarbonyl (C=S) groups is 1. The molecule has 1 aliphatic rings. The van der Waals surface area contributed by atoms with Gasteiger partial charge in [-0.25, -0.2) is 0 Å². The minimum absolute atomic E-state index is 0.280. The molecule has 1 amide bonds. The van der Waals surface area contributed by atoms with Gasteiger partial charge < -0.3 is 10.1 Å². The topological polar surface area (TPSA) is 62.4 Å². The molecule has 6 heteroatoms. The molecule has 0 spiro atoms. The van der Waals surface area contributed by atoms with Gasteiger partial charge in [0, 0.05) is 6.04 Å². The fourth-order valence-electron chi connectivity index (χ4n) is 2.17. The molecule has 0 aromatic heterocycles. The zero-order valence-corrected chi connectivity index (χ0v) is 13.7. The van der Waals surface area contributed by atoms with Crippen molar-refractivity contribution in [2.45, 2.75) is 31.9 Å². The number of hydrazine groups is 1. The maximum Gasteiger partial charge on any atom is 0.279 e. The van der Waals surface area contributed by atoms with E-state index in [1.54, 1.807) is 6.92 Å². The van der Waals surface area contributed by atoms with Crippen molar-refractivity contribution >= 4 is 34.0 Å². The molecule has 2 aromatic rings. The average Bonchev–Trinajstić information content (AvgIpc) is 3.36. The lowest BCUT2D eigenvalue weighted by atomic mass is 10.1. The summed E-state index contributed by atoms with van der Waals surface area (Å²) in [5.41, 5.74) is 5.25. The third kappa shape index (κ3) is 4.32. The van der Waals surface area contributed by atoms with Gasteiger partial charge in [0.05, 0.1) is 0 Å². The van der Waals surface area contributed by atoms with Gasteiger partial charge in [0.25, 0.3) is 5.91 Å². The van der Waals surface area contributed by atoms with Gasteiger partial charge in [-0.15, -0.1) is 0 Å². The first kappa shape index (κ1) is 15.6. The molecule has 0 radical (unpaired) electrons. The Labute approximate surface area is 140 Å². The van der Waals surface area contributed by atoms with E-state index >= 15 is 0 Å². The largest absolute Gasteiger partial charge is 0.481 e. The Morgan fingerprint density at radius 2 is 1.91 bits per heavy atom. The Bertz CT molecular complexity index is 731. The normalized spacial score (nSPS) is 14.8. The summed E-state index contributed by atoms with van der Waals surface area (Å²) in [6, 6.07) is 14.2. The van der Waals surface area contributed by atoms with Crippen LogP contribution in [0, 0.1) is 0 Å². The molecule has 1 fully saturated rings. The van der Waals surface area contributed by atoms with Crippen LogP contribution >= 0.6 is 12.2 Å². The number of hydrogen-bond acceptors (Lipinski definition) is 3. The van der Waals surface area contributed by atoms with Crippen LogP contribution in [0.15, 0.2) is 42.5 Å². The molecule has 5 nitrogen and oxygen atoms in total. The van der Waals surface area contributed by atoms with Gasteiger partial charge in [0.2, 0.25) is 0 Å². The number of rotatable bonds is 4. The standard InChI is InChI=1S/C17H19N3O2S/c1-11(16(21)19-20-17(23)18-14-7-8-14)22-15-9-6-12-4-2-3-5-13(12)10-15/h2-6,9-11,14H,7-8H2,1H3,(H,19,21)(H2,18,20,23)/t11-/m0/s1. The van der Waals surface area contributed by atoms with Crippen molar-refractivity contribution in [3.05, 3.63) is 42.5 Å². The highest BCUT2D eigenvalue weighted by molar-refractivity contribution is 7.80. The van der Waals surface area contributed by atoms with E-state index < -0.39 is 6.10 Å². The third-order valence-electron chi connectivity index (χ3n) is 3.61. The van der Waals surface area contributed by atoms with Crippen LogP contribution in [0.2, 0.25) is 0 Å². The summed E-state index contributed by atoms with van der Waals surface area (Å²) >= 11 is 5.08. The third-order valence-corrected chi connectivity index (χ3v) is 3.83. The Hall–Kier alpha value is -2.34. The predicted octanol–water partition coefficient (Wildman–Crippen LogP) is 2.26. The molecule has 0 bridgehead atoms. The monoisotopic (exact) mass is 329 g/mol. The fraction of sp³-hybridized carbons (Fsp3) is 0.294. The second-order valence-corrected chi connectivity index (χ2v) is 6.04. The van der Waals surface area contributed by atoms with Crippen molar-refractivity contribution in [3.63, 3.8) is 0 Å². The minimum Gasteiger partial charge on any atom is -0.481 e. The summed E-state index contributed by atoms with van der Waals surface area (Å²) in [6.45, 7) is 1.70. The zero-order chi connectivity index (χ0) is 16.2. The Balaban J connectivity index is 1.52. The number of benzene rings is 2. The Morgan fingerprint density at radius 3 is 2.65 bits per heavy atom. The van der Waals surface area contributed by atoms with E-state index in [-0.39, 0.29) is 5.91 Å². The van der Waals surface area contributed by atoms with Gasteiger partial charge in [-0.1, -0.05) is 30.3 Å². The molecule has 0 heterocycles. The fourth-order valence-corrected chi connectivity index (χ4v) is 2.39. The van der Waals surface area contributed by atoms with Crippen LogP contribution in [-0.4, -0.2) is 23.2 Å². The molecule has 1 saturated carbocycles. The summed E-state index contributed by atoms with van der Waals surface area (Å²) in [4.78, 5) is 12.0. The van der Waals surface area contributed by atoms with E-state index in [0.29, 0.717) is 16.9 Å². The SMILES string of the molecule is C[C@H](Oc1ccc2ccccc2c1)C(=O)NNC(=S)NC1CC1. The van der Waals surface area contributed by atoms with Gasteiger partial charge in [0.1, 0.15) is 5.75 Å². The summed E-state index contributed by atoms with van der Waals surface area (Å²) in [6.07, 6.45) is 1.61. The van der Waals surface area contributed by atoms with Crippen molar-refractivity contribution in [1.82, 2.24) is 16.2 Å². The lowest BCUT2D eigenvalue weighted by molar-refractivity contribution is -0.127. The number of hydrogen-bond donors (Lipinski definition) is 3. The van der Waals surface area contributed by atoms with Crippen LogP contribution in [0.4, 0.5) is 0 Å². The van der Waals surface area contributed by atoms with E-state index in [1.807, 2.05) is 42.5 Å². The lowest BCUT2D eigenvalue weighted by Crippen LogP contribution is -2.50. The van der Waals surface area contributed by atoms with Gasteiger partial charge in [-0.2, -0.15) is 0 Å². The first-order chi connectivity index (χ1) is 11.1. The van der Waals surface area contributed by atoms with Crippen molar-refractivity contribution in [1.29, 1.82) is 0 Å². The summed E-state index contributed by atoms with van der Waals surface area (Å²) < 4.78 is 5.69. The van der Waals surface area contributed by atoms with Crippen molar-refractivity contribution in [3.8, 4) is 5.75 Å². The highest BCUT2D eigenvalue weighted by Crippen LogP contribution is 2.21. The smallest absolute Gasteiger partial charge is 0.279 e. The van der Waals surface area contributed by atoms with Gasteiger partial charge in [-0.05, 0) is 54.9 Å². The highest BCUT2D eigenvalue weighted by Gasteiger charge is 2.22. The van der Waals surface area contributed by atoms with Crippen LogP contribution in [0.5, 0.6) is 5.75 Å². The Kier molecular flexibility index (Phi) is 4.62. The molecule has 3 N–H and O–H groups in total. The average molecular weight is 329 g/mol. The molecule has 120 valence electrons. The molecule has 0 aliphatic heterocycles. The first-order valence-corrected chi connectivity index (χ1v) is 8.04. The minimum atomic E-state index is -0.632. The van der Waals surface area contributed by atoms with Crippen molar-refractivity contribution in [2.75, 3.05) is 0 Å². The van der Waals surface area contributed by atoms with Gasteiger partial charge in [-0.3, -0.25) is 15.6 Å². The molecule has 23 heavy (non-hydrogen) atoms. The van der Waals surface area contributed by atoms with Crippen LogP contribution in [-0.2, 0) is 4.79 Å². The van der Waals surface area contributed by atoms with E-state index in [0.717, 1.165) is 23.6 Å². The van der Waals surface area contributed by atoms with Crippen molar-refractivity contribution in [2.24, 2.45) is 0 Å². The summed E-state index contributed by atoms with van der Waals surface area (Å²) in [7, 11) is 0. The summed E-state index contributed by atoms with van der Waals surface area (Å²) in [5.74, 6) is 0.378. The first-order valence-electron chi connectivity index (χ1n) is 7.63. The van der Waals surface area contributed by atoms with E-state index in [4.69, 9.17) is 17.0 Å². The number of carbonyl (C=O) groups excluding carboxylic acids is 1. The second kappa shape index (κ2) is 6.83. The maximum atomic E-state index is 12.0. The van der Waals surface area contributed by atoms with E-state index in [2.05, 4.69) is 16.2 Å². The van der Waals surface area contributed by atoms with Crippen LogP contribution in [0.1, 0.15) is 19.8 Å². The summed E-state index contributed by atoms with van der Waals surface area (Å²) in [5, 5.41) is 5.72. The molecule has 2 aromatic carbocycles. The van der Waals surface area contributed by atoms with Crippen LogP contribution in [0.3, 0.4) is 0 Å². The van der Waals surface area contributed by atoms with Crippen LogP contribution in [0.25, 0.3) is 10.8 Å². The molecular weight excluding hydrogens is 310 g/mol.